The first kappa shape index (κ1) is 13.9. The highest BCUT2D eigenvalue weighted by atomic mass is 19.1. The van der Waals surface area contributed by atoms with Crippen LogP contribution < -0.4 is 9.47 Å². The van der Waals surface area contributed by atoms with Gasteiger partial charge in [-0.3, -0.25) is 0 Å². The molecule has 0 bridgehead atoms. The van der Waals surface area contributed by atoms with Crippen LogP contribution >= 0.6 is 0 Å². The molecule has 0 aliphatic rings. The van der Waals surface area contributed by atoms with Crippen molar-refractivity contribution in [2.45, 2.75) is 6.92 Å². The van der Waals surface area contributed by atoms with Crippen molar-refractivity contribution in [3.05, 3.63) is 59.4 Å². The fourth-order valence-corrected chi connectivity index (χ4v) is 1.68. The lowest BCUT2D eigenvalue weighted by molar-refractivity contribution is 0.217. The van der Waals surface area contributed by atoms with Gasteiger partial charge in [0.1, 0.15) is 30.5 Å². The molecule has 0 aliphatic heterocycles. The molecule has 102 valence electrons. The minimum absolute atomic E-state index is 0.248. The summed E-state index contributed by atoms with van der Waals surface area (Å²) < 4.78 is 24.0. The fourth-order valence-electron chi connectivity index (χ4n) is 1.68. The summed E-state index contributed by atoms with van der Waals surface area (Å²) in [6.07, 6.45) is 0. The van der Waals surface area contributed by atoms with Gasteiger partial charge in [0.25, 0.3) is 0 Å². The van der Waals surface area contributed by atoms with Gasteiger partial charge in [-0.15, -0.1) is 0 Å². The molecule has 0 spiro atoms. The van der Waals surface area contributed by atoms with Gasteiger partial charge < -0.3 is 9.47 Å². The van der Waals surface area contributed by atoms with Crippen molar-refractivity contribution in [1.82, 2.24) is 0 Å². The van der Waals surface area contributed by atoms with Crippen LogP contribution in [0.5, 0.6) is 11.5 Å². The normalized spacial score (nSPS) is 9.85. The second kappa shape index (κ2) is 6.58. The Morgan fingerprint density at radius 1 is 1.05 bits per heavy atom. The van der Waals surface area contributed by atoms with Crippen LogP contribution in [0.4, 0.5) is 4.39 Å². The lowest BCUT2D eigenvalue weighted by atomic mass is 10.2. The van der Waals surface area contributed by atoms with Crippen LogP contribution in [0.15, 0.2) is 42.5 Å². The van der Waals surface area contributed by atoms with E-state index in [1.165, 1.54) is 6.07 Å². The third-order valence-electron chi connectivity index (χ3n) is 2.71. The summed E-state index contributed by atoms with van der Waals surface area (Å²) in [5.74, 6) is 0.989. The maximum atomic E-state index is 13.1. The molecule has 0 aromatic heterocycles. The van der Waals surface area contributed by atoms with Crippen molar-refractivity contribution in [3.8, 4) is 17.6 Å². The van der Waals surface area contributed by atoms with Gasteiger partial charge in [-0.1, -0.05) is 6.07 Å². The van der Waals surface area contributed by atoms with Crippen molar-refractivity contribution < 1.29 is 13.9 Å². The predicted octanol–water partition coefficient (Wildman–Crippen LogP) is 3.46. The van der Waals surface area contributed by atoms with E-state index in [0.29, 0.717) is 35.8 Å². The van der Waals surface area contributed by atoms with E-state index in [1.54, 1.807) is 43.3 Å². The van der Waals surface area contributed by atoms with E-state index in [1.807, 2.05) is 6.07 Å². The molecule has 3 nitrogen and oxygen atoms in total. The topological polar surface area (TPSA) is 42.2 Å². The van der Waals surface area contributed by atoms with Gasteiger partial charge in [-0.2, -0.15) is 5.26 Å². The smallest absolute Gasteiger partial charge is 0.126 e. The summed E-state index contributed by atoms with van der Waals surface area (Å²) in [6.45, 7) is 2.39. The average molecular weight is 271 g/mol. The molecule has 0 unspecified atom stereocenters. The van der Waals surface area contributed by atoms with E-state index < -0.39 is 0 Å². The molecule has 0 saturated carbocycles. The quantitative estimate of drug-likeness (QED) is 0.782. The highest BCUT2D eigenvalue weighted by molar-refractivity contribution is 5.36. The number of nitriles is 1. The van der Waals surface area contributed by atoms with Gasteiger partial charge in [0.15, 0.2) is 0 Å². The Morgan fingerprint density at radius 3 is 2.40 bits per heavy atom. The first-order valence-corrected chi connectivity index (χ1v) is 6.21. The third kappa shape index (κ3) is 3.72. The number of ether oxygens (including phenoxy) is 2. The molecule has 0 heterocycles. The molecule has 2 rings (SSSR count). The van der Waals surface area contributed by atoms with Gasteiger partial charge in [0.05, 0.1) is 11.6 Å². The van der Waals surface area contributed by atoms with Gasteiger partial charge in [-0.05, 0) is 48.9 Å². The number of halogens is 1. The first-order valence-electron chi connectivity index (χ1n) is 6.21. The highest BCUT2D eigenvalue weighted by Crippen LogP contribution is 2.16. The van der Waals surface area contributed by atoms with E-state index in [2.05, 4.69) is 0 Å². The van der Waals surface area contributed by atoms with Crippen LogP contribution in [0, 0.1) is 24.1 Å². The second-order valence-corrected chi connectivity index (χ2v) is 4.25. The zero-order valence-electron chi connectivity index (χ0n) is 11.1. The Hall–Kier alpha value is -2.54. The van der Waals surface area contributed by atoms with Gasteiger partial charge in [0, 0.05) is 0 Å². The van der Waals surface area contributed by atoms with Crippen molar-refractivity contribution >= 4 is 0 Å². The molecule has 2 aromatic carbocycles. The Balaban J connectivity index is 1.81. The lowest BCUT2D eigenvalue weighted by Gasteiger charge is -2.09. The van der Waals surface area contributed by atoms with Crippen molar-refractivity contribution in [2.75, 3.05) is 13.2 Å². The van der Waals surface area contributed by atoms with Crippen LogP contribution in [0.2, 0.25) is 0 Å². The number of aryl methyl sites for hydroxylation is 1. The molecule has 0 N–H and O–H groups in total. The number of hydrogen-bond donors (Lipinski definition) is 0. The molecular weight excluding hydrogens is 257 g/mol. The maximum Gasteiger partial charge on any atom is 0.126 e. The van der Waals surface area contributed by atoms with Crippen LogP contribution in [-0.2, 0) is 0 Å². The fraction of sp³-hybridized carbons (Fsp3) is 0.188. The second-order valence-electron chi connectivity index (χ2n) is 4.25. The van der Waals surface area contributed by atoms with Gasteiger partial charge in [0.2, 0.25) is 0 Å². The molecule has 0 fully saturated rings. The van der Waals surface area contributed by atoms with Crippen LogP contribution in [0.3, 0.4) is 0 Å². The van der Waals surface area contributed by atoms with E-state index in [9.17, 15) is 4.39 Å². The summed E-state index contributed by atoms with van der Waals surface area (Å²) in [5.41, 5.74) is 1.10. The zero-order valence-corrected chi connectivity index (χ0v) is 11.1. The molecular formula is C16H14FNO2. The Morgan fingerprint density at radius 2 is 1.75 bits per heavy atom. The summed E-state index contributed by atoms with van der Waals surface area (Å²) >= 11 is 0. The molecule has 20 heavy (non-hydrogen) atoms. The van der Waals surface area contributed by atoms with Crippen molar-refractivity contribution in [2.24, 2.45) is 0 Å². The number of hydrogen-bond acceptors (Lipinski definition) is 3. The monoisotopic (exact) mass is 271 g/mol. The average Bonchev–Trinajstić information content (AvgIpc) is 2.47. The van der Waals surface area contributed by atoms with Gasteiger partial charge >= 0.3 is 0 Å². The summed E-state index contributed by atoms with van der Waals surface area (Å²) in [5, 5.41) is 8.77. The molecule has 0 radical (unpaired) electrons. The number of benzene rings is 2. The Labute approximate surface area is 117 Å². The van der Waals surface area contributed by atoms with Crippen LogP contribution in [0.1, 0.15) is 11.1 Å². The molecule has 0 amide bonds. The minimum atomic E-state index is -0.248. The Bertz CT molecular complexity index is 635. The van der Waals surface area contributed by atoms with Crippen molar-refractivity contribution in [3.63, 3.8) is 0 Å². The number of nitrogens with zero attached hydrogens (tertiary/aromatic N) is 1. The SMILES string of the molecule is Cc1cc(OCCOc2cccc(C#N)c2)ccc1F. The first-order chi connectivity index (χ1) is 9.69. The summed E-state index contributed by atoms with van der Waals surface area (Å²) in [4.78, 5) is 0. The summed E-state index contributed by atoms with van der Waals surface area (Å²) in [6, 6.07) is 13.6. The largest absolute Gasteiger partial charge is 0.490 e. The van der Waals surface area contributed by atoms with Crippen LogP contribution in [-0.4, -0.2) is 13.2 Å². The van der Waals surface area contributed by atoms with E-state index in [4.69, 9.17) is 14.7 Å². The highest BCUT2D eigenvalue weighted by Gasteiger charge is 2.00. The zero-order chi connectivity index (χ0) is 14.4. The van der Waals surface area contributed by atoms with E-state index in [0.717, 1.165) is 0 Å². The van der Waals surface area contributed by atoms with Crippen LogP contribution in [0.25, 0.3) is 0 Å². The lowest BCUT2D eigenvalue weighted by Crippen LogP contribution is -2.09. The number of rotatable bonds is 5. The molecule has 2 aromatic rings. The third-order valence-corrected chi connectivity index (χ3v) is 2.71. The van der Waals surface area contributed by atoms with Gasteiger partial charge in [-0.25, -0.2) is 4.39 Å². The maximum absolute atomic E-state index is 13.1. The van der Waals surface area contributed by atoms with Crippen molar-refractivity contribution in [1.29, 1.82) is 5.26 Å². The Kier molecular flexibility index (Phi) is 4.56. The molecule has 4 heteroatoms. The van der Waals surface area contributed by atoms with E-state index >= 15 is 0 Å². The predicted molar refractivity (Wildman–Crippen MR) is 73.3 cm³/mol. The molecule has 0 aliphatic carbocycles. The molecule has 0 saturated heterocycles. The summed E-state index contributed by atoms with van der Waals surface area (Å²) in [7, 11) is 0. The molecule has 0 atom stereocenters. The minimum Gasteiger partial charge on any atom is -0.490 e. The standard InChI is InChI=1S/C16H14FNO2/c1-12-9-15(5-6-16(12)17)20-8-7-19-14-4-2-3-13(10-14)11-18/h2-6,9-10H,7-8H2,1H3. The van der Waals surface area contributed by atoms with E-state index in [-0.39, 0.29) is 5.82 Å².